The number of para-hydroxylation sites is 2. The summed E-state index contributed by atoms with van der Waals surface area (Å²) < 4.78 is 30.2. The van der Waals surface area contributed by atoms with Crippen LogP contribution in [0.3, 0.4) is 0 Å². The fourth-order valence-corrected chi connectivity index (χ4v) is 3.43. The Balaban J connectivity index is 1.81. The topological polar surface area (TPSA) is 55.4 Å². The van der Waals surface area contributed by atoms with Crippen molar-refractivity contribution in [3.8, 4) is 5.75 Å². The van der Waals surface area contributed by atoms with Crippen LogP contribution in [-0.2, 0) is 16.7 Å². The van der Waals surface area contributed by atoms with Crippen LogP contribution in [0.2, 0.25) is 0 Å². The number of nitrogens with one attached hydrogen (secondary N) is 1. The first kappa shape index (κ1) is 17.0. The second-order valence-corrected chi connectivity index (χ2v) is 7.17. The van der Waals surface area contributed by atoms with E-state index in [0.29, 0.717) is 12.3 Å². The Bertz CT molecular complexity index is 953. The van der Waals surface area contributed by atoms with Crippen molar-refractivity contribution < 1.29 is 12.6 Å². The summed E-state index contributed by atoms with van der Waals surface area (Å²) in [5.74, 6) is 0.326. The number of aryl methyl sites for hydroxylation is 1. The summed E-state index contributed by atoms with van der Waals surface area (Å²) in [5, 5.41) is 3.32. The minimum Gasteiger partial charge on any atom is -0.381 e. The monoisotopic (exact) mass is 353 g/mol. The first-order chi connectivity index (χ1) is 12.1. The highest BCUT2D eigenvalue weighted by Gasteiger charge is 2.17. The van der Waals surface area contributed by atoms with Gasteiger partial charge in [0.05, 0.1) is 0 Å². The number of rotatable bonds is 6. The predicted molar refractivity (Wildman–Crippen MR) is 99.2 cm³/mol. The summed E-state index contributed by atoms with van der Waals surface area (Å²) in [4.78, 5) is 0.136. The minimum atomic E-state index is -3.85. The third-order valence-corrected chi connectivity index (χ3v) is 5.07. The van der Waals surface area contributed by atoms with Gasteiger partial charge in [-0.3, -0.25) is 0 Å². The van der Waals surface area contributed by atoms with Crippen molar-refractivity contribution >= 4 is 15.8 Å². The van der Waals surface area contributed by atoms with Crippen molar-refractivity contribution in [1.29, 1.82) is 0 Å². The quantitative estimate of drug-likeness (QED) is 0.669. The predicted octanol–water partition coefficient (Wildman–Crippen LogP) is 4.37. The average molecular weight is 353 g/mol. The molecule has 4 nitrogen and oxygen atoms in total. The van der Waals surface area contributed by atoms with E-state index in [1.165, 1.54) is 12.1 Å². The Labute approximate surface area is 148 Å². The van der Waals surface area contributed by atoms with E-state index in [-0.39, 0.29) is 4.90 Å². The van der Waals surface area contributed by atoms with Crippen LogP contribution in [0.25, 0.3) is 0 Å². The molecule has 5 heteroatoms. The van der Waals surface area contributed by atoms with Crippen LogP contribution in [0.4, 0.5) is 5.69 Å². The molecule has 0 bridgehead atoms. The van der Waals surface area contributed by atoms with Crippen molar-refractivity contribution in [2.24, 2.45) is 0 Å². The molecule has 0 aliphatic heterocycles. The Morgan fingerprint density at radius 3 is 2.24 bits per heavy atom. The highest BCUT2D eigenvalue weighted by atomic mass is 32.2. The molecule has 0 aliphatic rings. The van der Waals surface area contributed by atoms with Gasteiger partial charge in [-0.2, -0.15) is 8.42 Å². The summed E-state index contributed by atoms with van der Waals surface area (Å²) in [6.45, 7) is 2.48. The maximum atomic E-state index is 12.4. The summed E-state index contributed by atoms with van der Waals surface area (Å²) in [5.41, 5.74) is 2.89. The molecular formula is C20H19NO3S. The molecule has 0 radical (unpaired) electrons. The molecule has 0 heterocycles. The molecule has 0 aromatic heterocycles. The van der Waals surface area contributed by atoms with Crippen molar-refractivity contribution in [3.05, 3.63) is 90.0 Å². The van der Waals surface area contributed by atoms with Gasteiger partial charge in [0, 0.05) is 17.8 Å². The molecule has 3 rings (SSSR count). The van der Waals surface area contributed by atoms with Crippen molar-refractivity contribution in [3.63, 3.8) is 0 Å². The zero-order valence-corrected chi connectivity index (χ0v) is 14.7. The Morgan fingerprint density at radius 2 is 1.48 bits per heavy atom. The lowest BCUT2D eigenvalue weighted by molar-refractivity contribution is 0.483. The van der Waals surface area contributed by atoms with Crippen molar-refractivity contribution in [2.45, 2.75) is 18.4 Å². The average Bonchev–Trinajstić information content (AvgIpc) is 2.63. The second-order valence-electron chi connectivity index (χ2n) is 5.63. The molecule has 0 fully saturated rings. The van der Waals surface area contributed by atoms with Gasteiger partial charge >= 0.3 is 10.1 Å². The normalized spacial score (nSPS) is 11.1. The fourth-order valence-electron chi connectivity index (χ4n) is 2.45. The van der Waals surface area contributed by atoms with Crippen LogP contribution in [0.1, 0.15) is 11.1 Å². The maximum Gasteiger partial charge on any atom is 0.339 e. The van der Waals surface area contributed by atoms with Gasteiger partial charge in [-0.1, -0.05) is 54.6 Å². The molecule has 3 aromatic carbocycles. The van der Waals surface area contributed by atoms with Crippen LogP contribution in [0, 0.1) is 6.92 Å². The van der Waals surface area contributed by atoms with E-state index < -0.39 is 10.1 Å². The van der Waals surface area contributed by atoms with E-state index in [1.807, 2.05) is 43.3 Å². The molecule has 0 unspecified atom stereocenters. The molecular weight excluding hydrogens is 334 g/mol. The fraction of sp³-hybridized carbons (Fsp3) is 0.100. The van der Waals surface area contributed by atoms with Crippen LogP contribution in [0.5, 0.6) is 5.75 Å². The van der Waals surface area contributed by atoms with E-state index in [0.717, 1.165) is 16.8 Å². The molecule has 0 aliphatic carbocycles. The number of hydrogen-bond acceptors (Lipinski definition) is 4. The van der Waals surface area contributed by atoms with Crippen molar-refractivity contribution in [2.75, 3.05) is 5.32 Å². The minimum absolute atomic E-state index is 0.136. The summed E-state index contributed by atoms with van der Waals surface area (Å²) in [7, 11) is -3.85. The zero-order chi connectivity index (χ0) is 17.7. The molecule has 128 valence electrons. The SMILES string of the molecule is Cc1ccccc1NCc1ccccc1OS(=O)(=O)c1ccccc1. The van der Waals surface area contributed by atoms with Crippen molar-refractivity contribution in [1.82, 2.24) is 0 Å². The van der Waals surface area contributed by atoms with Crippen LogP contribution in [0.15, 0.2) is 83.8 Å². The lowest BCUT2D eigenvalue weighted by atomic mass is 10.1. The van der Waals surface area contributed by atoms with Gasteiger partial charge in [-0.15, -0.1) is 0 Å². The molecule has 0 saturated heterocycles. The third-order valence-electron chi connectivity index (χ3n) is 3.82. The van der Waals surface area contributed by atoms with Crippen LogP contribution < -0.4 is 9.50 Å². The third kappa shape index (κ3) is 4.19. The van der Waals surface area contributed by atoms with E-state index in [1.54, 1.807) is 30.3 Å². The number of hydrogen-bond donors (Lipinski definition) is 1. The number of anilines is 1. The first-order valence-electron chi connectivity index (χ1n) is 7.93. The van der Waals surface area contributed by atoms with Gasteiger partial charge in [0.25, 0.3) is 0 Å². The Morgan fingerprint density at radius 1 is 0.840 bits per heavy atom. The molecule has 0 saturated carbocycles. The van der Waals surface area contributed by atoms with Gasteiger partial charge < -0.3 is 9.50 Å². The summed E-state index contributed by atoms with van der Waals surface area (Å²) in [6.07, 6.45) is 0. The molecule has 0 amide bonds. The van der Waals surface area contributed by atoms with E-state index >= 15 is 0 Å². The molecule has 0 atom stereocenters. The van der Waals surface area contributed by atoms with E-state index in [4.69, 9.17) is 4.18 Å². The largest absolute Gasteiger partial charge is 0.381 e. The highest BCUT2D eigenvalue weighted by molar-refractivity contribution is 7.87. The van der Waals surface area contributed by atoms with Gasteiger partial charge in [0.15, 0.2) is 0 Å². The van der Waals surface area contributed by atoms with Crippen LogP contribution >= 0.6 is 0 Å². The number of benzene rings is 3. The highest BCUT2D eigenvalue weighted by Crippen LogP contribution is 2.24. The second kappa shape index (κ2) is 7.40. The molecule has 0 spiro atoms. The van der Waals surface area contributed by atoms with Gasteiger partial charge in [0.1, 0.15) is 10.6 Å². The summed E-state index contributed by atoms with van der Waals surface area (Å²) in [6, 6.07) is 23.2. The Kier molecular flexibility index (Phi) is 5.05. The van der Waals surface area contributed by atoms with E-state index in [2.05, 4.69) is 5.32 Å². The smallest absolute Gasteiger partial charge is 0.339 e. The van der Waals surface area contributed by atoms with Gasteiger partial charge in [-0.25, -0.2) is 0 Å². The van der Waals surface area contributed by atoms with Gasteiger partial charge in [0.2, 0.25) is 0 Å². The Hall–Kier alpha value is -2.79. The standard InChI is InChI=1S/C20H19NO3S/c1-16-9-5-7-13-19(16)21-15-17-10-6-8-14-20(17)24-25(22,23)18-11-3-2-4-12-18/h2-14,21H,15H2,1H3. The zero-order valence-electron chi connectivity index (χ0n) is 13.8. The van der Waals surface area contributed by atoms with Crippen LogP contribution in [-0.4, -0.2) is 8.42 Å². The van der Waals surface area contributed by atoms with E-state index in [9.17, 15) is 8.42 Å². The molecule has 3 aromatic rings. The maximum absolute atomic E-state index is 12.4. The van der Waals surface area contributed by atoms with Gasteiger partial charge in [-0.05, 0) is 36.8 Å². The molecule has 1 N–H and O–H groups in total. The summed E-state index contributed by atoms with van der Waals surface area (Å²) >= 11 is 0. The lowest BCUT2D eigenvalue weighted by Gasteiger charge is -2.13. The molecule has 25 heavy (non-hydrogen) atoms. The first-order valence-corrected chi connectivity index (χ1v) is 9.34. The lowest BCUT2D eigenvalue weighted by Crippen LogP contribution is -2.12.